The number of aryl methyl sites for hydroxylation is 2. The van der Waals surface area contributed by atoms with Gasteiger partial charge in [0.1, 0.15) is 0 Å². The van der Waals surface area contributed by atoms with Gasteiger partial charge in [0, 0.05) is 13.1 Å². The van der Waals surface area contributed by atoms with Gasteiger partial charge in [-0.15, -0.1) is 0 Å². The maximum Gasteiger partial charge on any atom is 0.160 e. The molecule has 0 saturated carbocycles. The number of aromatic nitrogens is 2. The Morgan fingerprint density at radius 2 is 1.91 bits per heavy atom. The molecule has 0 saturated heterocycles. The van der Waals surface area contributed by atoms with Crippen LogP contribution in [0.1, 0.15) is 30.3 Å². The Morgan fingerprint density at radius 3 is 2.61 bits per heavy atom. The summed E-state index contributed by atoms with van der Waals surface area (Å²) >= 11 is 0. The Balaban J connectivity index is 1.86. The van der Waals surface area contributed by atoms with Crippen molar-refractivity contribution in [3.05, 3.63) is 41.2 Å². The maximum atomic E-state index is 5.34. The molecular formula is C18H27N3O2. The first kappa shape index (κ1) is 17.3. The van der Waals surface area contributed by atoms with Crippen molar-refractivity contribution < 1.29 is 9.47 Å². The van der Waals surface area contributed by atoms with Gasteiger partial charge in [0.25, 0.3) is 0 Å². The van der Waals surface area contributed by atoms with Gasteiger partial charge in [0.05, 0.1) is 25.6 Å². The van der Waals surface area contributed by atoms with Crippen LogP contribution in [0.15, 0.2) is 24.3 Å². The SMILES string of the molecule is CCCn1nc(C)cc1CNCCc1ccc(OC)c(OC)c1. The molecule has 2 aromatic rings. The van der Waals surface area contributed by atoms with Gasteiger partial charge in [0.2, 0.25) is 0 Å². The smallest absolute Gasteiger partial charge is 0.160 e. The van der Waals surface area contributed by atoms with E-state index >= 15 is 0 Å². The minimum absolute atomic E-state index is 0.767. The second-order valence-electron chi connectivity index (χ2n) is 5.62. The zero-order valence-corrected chi connectivity index (χ0v) is 14.6. The van der Waals surface area contributed by atoms with E-state index in [2.05, 4.69) is 34.2 Å². The van der Waals surface area contributed by atoms with Crippen molar-refractivity contribution in [2.24, 2.45) is 0 Å². The summed E-state index contributed by atoms with van der Waals surface area (Å²) in [7, 11) is 3.32. The third-order valence-corrected chi connectivity index (χ3v) is 3.77. The third-order valence-electron chi connectivity index (χ3n) is 3.77. The van der Waals surface area contributed by atoms with Crippen molar-refractivity contribution in [3.8, 4) is 11.5 Å². The molecule has 5 heteroatoms. The van der Waals surface area contributed by atoms with Crippen molar-refractivity contribution in [1.82, 2.24) is 15.1 Å². The second-order valence-corrected chi connectivity index (χ2v) is 5.62. The quantitative estimate of drug-likeness (QED) is 0.722. The predicted molar refractivity (Wildman–Crippen MR) is 92.2 cm³/mol. The zero-order chi connectivity index (χ0) is 16.7. The summed E-state index contributed by atoms with van der Waals surface area (Å²) in [5.74, 6) is 1.55. The maximum absolute atomic E-state index is 5.34. The van der Waals surface area contributed by atoms with Crippen LogP contribution in [0.25, 0.3) is 0 Å². The number of ether oxygens (including phenoxy) is 2. The molecule has 1 aromatic heterocycles. The van der Waals surface area contributed by atoms with Crippen LogP contribution in [-0.4, -0.2) is 30.5 Å². The minimum Gasteiger partial charge on any atom is -0.493 e. The van der Waals surface area contributed by atoms with Gasteiger partial charge < -0.3 is 14.8 Å². The molecule has 0 radical (unpaired) electrons. The lowest BCUT2D eigenvalue weighted by Crippen LogP contribution is -2.19. The molecule has 0 aliphatic rings. The number of nitrogens with one attached hydrogen (secondary N) is 1. The van der Waals surface area contributed by atoms with Crippen LogP contribution in [-0.2, 0) is 19.5 Å². The summed E-state index contributed by atoms with van der Waals surface area (Å²) in [6.07, 6.45) is 2.04. The number of hydrogen-bond acceptors (Lipinski definition) is 4. The number of rotatable bonds is 9. The first-order valence-corrected chi connectivity index (χ1v) is 8.12. The lowest BCUT2D eigenvalue weighted by molar-refractivity contribution is 0.354. The summed E-state index contributed by atoms with van der Waals surface area (Å²) in [6, 6.07) is 8.22. The molecule has 0 aliphatic carbocycles. The second kappa shape index (κ2) is 8.58. The van der Waals surface area contributed by atoms with Gasteiger partial charge in [-0.05, 0) is 50.1 Å². The monoisotopic (exact) mass is 317 g/mol. The molecule has 1 heterocycles. The molecule has 0 fully saturated rings. The molecule has 0 amide bonds. The first-order valence-electron chi connectivity index (χ1n) is 8.12. The Labute approximate surface area is 138 Å². The summed E-state index contributed by atoms with van der Waals surface area (Å²) in [5.41, 5.74) is 3.56. The van der Waals surface area contributed by atoms with Crippen LogP contribution in [0.3, 0.4) is 0 Å². The van der Waals surface area contributed by atoms with E-state index in [9.17, 15) is 0 Å². The van der Waals surface area contributed by atoms with E-state index < -0.39 is 0 Å². The van der Waals surface area contributed by atoms with E-state index in [1.807, 2.05) is 19.1 Å². The van der Waals surface area contributed by atoms with Crippen LogP contribution in [0.4, 0.5) is 0 Å². The van der Waals surface area contributed by atoms with Crippen LogP contribution in [0.5, 0.6) is 11.5 Å². The number of nitrogens with zero attached hydrogens (tertiary/aromatic N) is 2. The van der Waals surface area contributed by atoms with E-state index in [1.54, 1.807) is 14.2 Å². The highest BCUT2D eigenvalue weighted by atomic mass is 16.5. The van der Waals surface area contributed by atoms with E-state index in [-0.39, 0.29) is 0 Å². The van der Waals surface area contributed by atoms with Gasteiger partial charge >= 0.3 is 0 Å². The minimum atomic E-state index is 0.767. The Hall–Kier alpha value is -2.01. The van der Waals surface area contributed by atoms with Crippen molar-refractivity contribution in [3.63, 3.8) is 0 Å². The van der Waals surface area contributed by atoms with Crippen LogP contribution < -0.4 is 14.8 Å². The van der Waals surface area contributed by atoms with Crippen LogP contribution in [0.2, 0.25) is 0 Å². The van der Waals surface area contributed by atoms with E-state index in [1.165, 1.54) is 11.3 Å². The predicted octanol–water partition coefficient (Wildman–Crippen LogP) is 2.95. The fourth-order valence-electron chi connectivity index (χ4n) is 2.63. The Bertz CT molecular complexity index is 623. The lowest BCUT2D eigenvalue weighted by Gasteiger charge is -2.10. The summed E-state index contributed by atoms with van der Waals surface area (Å²) in [5, 5.41) is 8.02. The molecule has 2 rings (SSSR count). The van der Waals surface area contributed by atoms with Crippen molar-refractivity contribution in [2.75, 3.05) is 20.8 Å². The highest BCUT2D eigenvalue weighted by molar-refractivity contribution is 5.42. The number of benzene rings is 1. The molecule has 0 unspecified atom stereocenters. The molecule has 5 nitrogen and oxygen atoms in total. The molecule has 0 aliphatic heterocycles. The molecule has 1 aromatic carbocycles. The molecular weight excluding hydrogens is 290 g/mol. The van der Waals surface area contributed by atoms with Gasteiger partial charge in [-0.2, -0.15) is 5.10 Å². The van der Waals surface area contributed by atoms with Crippen LogP contribution in [0, 0.1) is 6.92 Å². The van der Waals surface area contributed by atoms with Gasteiger partial charge in [-0.3, -0.25) is 4.68 Å². The topological polar surface area (TPSA) is 48.3 Å². The molecule has 23 heavy (non-hydrogen) atoms. The molecule has 126 valence electrons. The normalized spacial score (nSPS) is 10.8. The average molecular weight is 317 g/mol. The number of methoxy groups -OCH3 is 2. The van der Waals surface area contributed by atoms with Crippen LogP contribution >= 0.6 is 0 Å². The summed E-state index contributed by atoms with van der Waals surface area (Å²) in [4.78, 5) is 0. The van der Waals surface area contributed by atoms with Crippen molar-refractivity contribution >= 4 is 0 Å². The Morgan fingerprint density at radius 1 is 1.13 bits per heavy atom. The molecule has 0 spiro atoms. The van der Waals surface area contributed by atoms with E-state index in [0.29, 0.717) is 0 Å². The van der Waals surface area contributed by atoms with Gasteiger partial charge in [-0.25, -0.2) is 0 Å². The standard InChI is InChI=1S/C18H27N3O2/c1-5-10-21-16(11-14(2)20-21)13-19-9-8-15-6-7-17(22-3)18(12-15)23-4/h6-7,11-12,19H,5,8-10,13H2,1-4H3. The fraction of sp³-hybridized carbons (Fsp3) is 0.500. The zero-order valence-electron chi connectivity index (χ0n) is 14.6. The van der Waals surface area contributed by atoms with E-state index in [0.717, 1.165) is 49.7 Å². The first-order chi connectivity index (χ1) is 11.2. The molecule has 0 bridgehead atoms. The summed E-state index contributed by atoms with van der Waals surface area (Å²) < 4.78 is 12.7. The molecule has 0 atom stereocenters. The average Bonchev–Trinajstić information content (AvgIpc) is 2.91. The Kier molecular flexibility index (Phi) is 6.47. The van der Waals surface area contributed by atoms with E-state index in [4.69, 9.17) is 9.47 Å². The molecule has 1 N–H and O–H groups in total. The highest BCUT2D eigenvalue weighted by Crippen LogP contribution is 2.27. The fourth-order valence-corrected chi connectivity index (χ4v) is 2.63. The summed E-state index contributed by atoms with van der Waals surface area (Å²) in [6.45, 7) is 6.94. The van der Waals surface area contributed by atoms with Gasteiger partial charge in [0.15, 0.2) is 11.5 Å². The van der Waals surface area contributed by atoms with Crippen molar-refractivity contribution in [2.45, 2.75) is 39.8 Å². The van der Waals surface area contributed by atoms with Crippen molar-refractivity contribution in [1.29, 1.82) is 0 Å². The largest absolute Gasteiger partial charge is 0.493 e. The van der Waals surface area contributed by atoms with Gasteiger partial charge in [-0.1, -0.05) is 13.0 Å². The third kappa shape index (κ3) is 4.73. The highest BCUT2D eigenvalue weighted by Gasteiger charge is 2.06. The number of hydrogen-bond donors (Lipinski definition) is 1. The lowest BCUT2D eigenvalue weighted by atomic mass is 10.1.